The molecule has 106 valence electrons. The molecule has 4 nitrogen and oxygen atoms in total. The highest BCUT2D eigenvalue weighted by atomic mass is 79.9. The van der Waals surface area contributed by atoms with Crippen molar-refractivity contribution >= 4 is 45.2 Å². The number of halogens is 1. The molecule has 1 aromatic heterocycles. The lowest BCUT2D eigenvalue weighted by Gasteiger charge is -2.05. The molecule has 0 aliphatic carbocycles. The summed E-state index contributed by atoms with van der Waals surface area (Å²) >= 11 is 4.93. The SMILES string of the molecule is COc1ccccc1C1=N/C(=C\c2csc(Br)c2)C(=O)O1. The van der Waals surface area contributed by atoms with Gasteiger partial charge in [0.1, 0.15) is 5.75 Å². The second kappa shape index (κ2) is 5.83. The molecular formula is C15H10BrNO3S. The number of rotatable bonds is 3. The average Bonchev–Trinajstić information content (AvgIpc) is 3.06. The van der Waals surface area contributed by atoms with Gasteiger partial charge in [0.25, 0.3) is 0 Å². The average molecular weight is 364 g/mol. The smallest absolute Gasteiger partial charge is 0.363 e. The van der Waals surface area contributed by atoms with Gasteiger partial charge in [0, 0.05) is 0 Å². The summed E-state index contributed by atoms with van der Waals surface area (Å²) in [4.78, 5) is 16.2. The number of thiophene rings is 1. The number of hydrogen-bond donors (Lipinski definition) is 0. The number of para-hydroxylation sites is 1. The zero-order valence-electron chi connectivity index (χ0n) is 11.0. The Morgan fingerprint density at radius 1 is 1.38 bits per heavy atom. The molecule has 0 N–H and O–H groups in total. The molecule has 0 amide bonds. The molecule has 0 bridgehead atoms. The minimum atomic E-state index is -0.460. The molecule has 0 atom stereocenters. The fraction of sp³-hybridized carbons (Fsp3) is 0.0667. The molecule has 0 radical (unpaired) electrons. The molecule has 2 aromatic rings. The van der Waals surface area contributed by atoms with Crippen molar-refractivity contribution in [2.45, 2.75) is 0 Å². The summed E-state index contributed by atoms with van der Waals surface area (Å²) in [5, 5.41) is 1.93. The lowest BCUT2D eigenvalue weighted by molar-refractivity contribution is -0.129. The molecule has 6 heteroatoms. The van der Waals surface area contributed by atoms with Crippen LogP contribution in [-0.4, -0.2) is 19.0 Å². The molecule has 3 rings (SSSR count). The molecule has 0 saturated carbocycles. The summed E-state index contributed by atoms with van der Waals surface area (Å²) in [6.07, 6.45) is 1.70. The second-order valence-electron chi connectivity index (χ2n) is 4.22. The monoisotopic (exact) mass is 363 g/mol. The largest absolute Gasteiger partial charge is 0.496 e. The quantitative estimate of drug-likeness (QED) is 0.614. The molecule has 1 aliphatic rings. The van der Waals surface area contributed by atoms with Crippen LogP contribution in [0.15, 0.2) is 50.2 Å². The van der Waals surface area contributed by atoms with Gasteiger partial charge in [-0.15, -0.1) is 11.3 Å². The highest BCUT2D eigenvalue weighted by Gasteiger charge is 2.26. The zero-order valence-corrected chi connectivity index (χ0v) is 13.4. The summed E-state index contributed by atoms with van der Waals surface area (Å²) in [6, 6.07) is 9.20. The Hall–Kier alpha value is -1.92. The van der Waals surface area contributed by atoms with Gasteiger partial charge in [-0.25, -0.2) is 9.79 Å². The molecule has 0 fully saturated rings. The second-order valence-corrected chi connectivity index (χ2v) is 6.51. The van der Waals surface area contributed by atoms with Crippen molar-refractivity contribution in [1.82, 2.24) is 0 Å². The summed E-state index contributed by atoms with van der Waals surface area (Å²) in [7, 11) is 1.57. The van der Waals surface area contributed by atoms with Gasteiger partial charge < -0.3 is 9.47 Å². The van der Waals surface area contributed by atoms with Crippen molar-refractivity contribution in [2.24, 2.45) is 4.99 Å². The molecule has 21 heavy (non-hydrogen) atoms. The maximum atomic E-state index is 11.9. The van der Waals surface area contributed by atoms with Crippen molar-refractivity contribution < 1.29 is 14.3 Å². The van der Waals surface area contributed by atoms with E-state index in [0.717, 1.165) is 9.35 Å². The van der Waals surface area contributed by atoms with Crippen LogP contribution >= 0.6 is 27.3 Å². The van der Waals surface area contributed by atoms with Crippen molar-refractivity contribution in [3.63, 3.8) is 0 Å². The van der Waals surface area contributed by atoms with E-state index in [1.165, 1.54) is 0 Å². The first kappa shape index (κ1) is 14.0. The van der Waals surface area contributed by atoms with E-state index in [0.29, 0.717) is 11.3 Å². The first-order valence-corrected chi connectivity index (χ1v) is 7.74. The van der Waals surface area contributed by atoms with Crippen LogP contribution in [0, 0.1) is 0 Å². The van der Waals surface area contributed by atoms with Crippen molar-refractivity contribution in [1.29, 1.82) is 0 Å². The maximum absolute atomic E-state index is 11.9. The van der Waals surface area contributed by atoms with Crippen LogP contribution in [0.3, 0.4) is 0 Å². The van der Waals surface area contributed by atoms with Crippen LogP contribution in [0.25, 0.3) is 6.08 Å². The summed E-state index contributed by atoms with van der Waals surface area (Å²) in [6.45, 7) is 0. The molecule has 0 unspecified atom stereocenters. The van der Waals surface area contributed by atoms with Crippen LogP contribution in [0.5, 0.6) is 5.75 Å². The van der Waals surface area contributed by atoms with E-state index in [1.54, 1.807) is 36.7 Å². The van der Waals surface area contributed by atoms with E-state index in [1.807, 2.05) is 23.6 Å². The summed E-state index contributed by atoms with van der Waals surface area (Å²) < 4.78 is 11.5. The van der Waals surface area contributed by atoms with Crippen molar-refractivity contribution in [3.05, 3.63) is 56.3 Å². The minimum absolute atomic E-state index is 0.262. The molecule has 0 spiro atoms. The van der Waals surface area contributed by atoms with E-state index in [9.17, 15) is 4.79 Å². The standard InChI is InChI=1S/C15H10BrNO3S/c1-19-12-5-3-2-4-10(12)14-17-11(15(18)20-14)6-9-7-13(16)21-8-9/h2-8H,1H3/b11-6-. The predicted molar refractivity (Wildman–Crippen MR) is 85.6 cm³/mol. The van der Waals surface area contributed by atoms with E-state index < -0.39 is 5.97 Å². The molecule has 1 aliphatic heterocycles. The van der Waals surface area contributed by atoms with Crippen LogP contribution in [0.2, 0.25) is 0 Å². The Balaban J connectivity index is 1.97. The van der Waals surface area contributed by atoms with Gasteiger partial charge in [0.15, 0.2) is 5.70 Å². The van der Waals surface area contributed by atoms with E-state index in [4.69, 9.17) is 9.47 Å². The number of carbonyl (C=O) groups excluding carboxylic acids is 1. The third kappa shape index (κ3) is 2.91. The van der Waals surface area contributed by atoms with Gasteiger partial charge in [-0.2, -0.15) is 0 Å². The number of cyclic esters (lactones) is 1. The van der Waals surface area contributed by atoms with Gasteiger partial charge in [-0.3, -0.25) is 0 Å². The lowest BCUT2D eigenvalue weighted by atomic mass is 10.2. The summed E-state index contributed by atoms with van der Waals surface area (Å²) in [5.41, 5.74) is 1.84. The Labute approximate surface area is 133 Å². The van der Waals surface area contributed by atoms with Crippen LogP contribution in [0.1, 0.15) is 11.1 Å². The Morgan fingerprint density at radius 2 is 2.19 bits per heavy atom. The normalized spacial score (nSPS) is 16.0. The van der Waals surface area contributed by atoms with Crippen molar-refractivity contribution in [2.75, 3.05) is 7.11 Å². The number of methoxy groups -OCH3 is 1. The third-order valence-corrected chi connectivity index (χ3v) is 4.37. The maximum Gasteiger partial charge on any atom is 0.363 e. The highest BCUT2D eigenvalue weighted by molar-refractivity contribution is 9.11. The third-order valence-electron chi connectivity index (χ3n) is 2.85. The van der Waals surface area contributed by atoms with Gasteiger partial charge in [-0.05, 0) is 51.1 Å². The number of carbonyl (C=O) groups is 1. The fourth-order valence-electron chi connectivity index (χ4n) is 1.90. The fourth-order valence-corrected chi connectivity index (χ4v) is 3.04. The van der Waals surface area contributed by atoms with Crippen LogP contribution < -0.4 is 4.74 Å². The predicted octanol–water partition coefficient (Wildman–Crippen LogP) is 3.86. The first-order valence-electron chi connectivity index (χ1n) is 6.07. The van der Waals surface area contributed by atoms with Gasteiger partial charge >= 0.3 is 5.97 Å². The molecular weight excluding hydrogens is 354 g/mol. The number of aliphatic imine (C=N–C) groups is 1. The highest BCUT2D eigenvalue weighted by Crippen LogP contribution is 2.27. The number of nitrogens with zero attached hydrogens (tertiary/aromatic N) is 1. The molecule has 2 heterocycles. The lowest BCUT2D eigenvalue weighted by Crippen LogP contribution is -2.06. The minimum Gasteiger partial charge on any atom is -0.496 e. The number of hydrogen-bond acceptors (Lipinski definition) is 5. The van der Waals surface area contributed by atoms with E-state index in [2.05, 4.69) is 20.9 Å². The number of ether oxygens (including phenoxy) is 2. The van der Waals surface area contributed by atoms with Crippen LogP contribution in [-0.2, 0) is 9.53 Å². The van der Waals surface area contributed by atoms with E-state index in [-0.39, 0.29) is 11.6 Å². The molecule has 1 aromatic carbocycles. The van der Waals surface area contributed by atoms with E-state index >= 15 is 0 Å². The van der Waals surface area contributed by atoms with Crippen LogP contribution in [0.4, 0.5) is 0 Å². The topological polar surface area (TPSA) is 47.9 Å². The first-order chi connectivity index (χ1) is 10.2. The zero-order chi connectivity index (χ0) is 14.8. The Bertz CT molecular complexity index is 764. The Kier molecular flexibility index (Phi) is 3.90. The Morgan fingerprint density at radius 3 is 2.90 bits per heavy atom. The van der Waals surface area contributed by atoms with Crippen molar-refractivity contribution in [3.8, 4) is 5.75 Å². The number of benzene rings is 1. The summed E-state index contributed by atoms with van der Waals surface area (Å²) in [5.74, 6) is 0.416. The number of esters is 1. The molecule has 0 saturated heterocycles. The van der Waals surface area contributed by atoms with Gasteiger partial charge in [0.05, 0.1) is 16.5 Å². The van der Waals surface area contributed by atoms with Gasteiger partial charge in [0.2, 0.25) is 5.90 Å². The van der Waals surface area contributed by atoms with Gasteiger partial charge in [-0.1, -0.05) is 12.1 Å².